The van der Waals surface area contributed by atoms with Gasteiger partial charge in [-0.1, -0.05) is 46.4 Å². The van der Waals surface area contributed by atoms with E-state index in [1.165, 1.54) is 0 Å². The smallest absolute Gasteiger partial charge is 0.330 e. The maximum atomic E-state index is 11.9. The largest absolute Gasteiger partial charge is 0.494 e. The van der Waals surface area contributed by atoms with Crippen molar-refractivity contribution in [1.82, 2.24) is 0 Å². The molecule has 0 aromatic heterocycles. The van der Waals surface area contributed by atoms with Crippen LogP contribution in [0.1, 0.15) is 58.8 Å². The maximum Gasteiger partial charge on any atom is 0.330 e. The van der Waals surface area contributed by atoms with Crippen LogP contribution in [0, 0.1) is 5.92 Å². The highest BCUT2D eigenvalue weighted by molar-refractivity contribution is 5.81. The summed E-state index contributed by atoms with van der Waals surface area (Å²) >= 11 is 0. The molecule has 5 heteroatoms. The first-order valence-electron chi connectivity index (χ1n) is 9.60. The number of carbonyl (C=O) groups is 2. The zero-order valence-corrected chi connectivity index (χ0v) is 16.8. The normalized spacial score (nSPS) is 11.6. The first-order valence-corrected chi connectivity index (χ1v) is 9.60. The predicted octanol–water partition coefficient (Wildman–Crippen LogP) is 5.25. The predicted molar refractivity (Wildman–Crippen MR) is 108 cm³/mol. The van der Waals surface area contributed by atoms with Crippen LogP contribution in [-0.2, 0) is 23.8 Å². The summed E-state index contributed by atoms with van der Waals surface area (Å²) in [6.45, 7) is 15.8. The molecule has 152 valence electrons. The molecule has 0 aliphatic heterocycles. The third-order valence-corrected chi connectivity index (χ3v) is 3.82. The number of hydrogen-bond donors (Lipinski definition) is 0. The van der Waals surface area contributed by atoms with Crippen molar-refractivity contribution in [2.24, 2.45) is 5.92 Å². The van der Waals surface area contributed by atoms with Crippen LogP contribution in [0.2, 0.25) is 0 Å². The van der Waals surface area contributed by atoms with E-state index in [-0.39, 0.29) is 23.6 Å². The number of unbranched alkanes of at least 4 members (excludes halogenated alkanes) is 4. The molecule has 0 rings (SSSR count). The monoisotopic (exact) mass is 378 g/mol. The SMILES string of the molecule is C=CC(=O)OCCCCCCOC(=C)/C=C\C(=C)OC(=O)C(C)CCCC. The molecule has 1 unspecified atom stereocenters. The van der Waals surface area contributed by atoms with Crippen LogP contribution < -0.4 is 0 Å². The summed E-state index contributed by atoms with van der Waals surface area (Å²) < 4.78 is 15.6. The molecule has 1 atom stereocenters. The molecule has 0 saturated heterocycles. The molecule has 0 aliphatic rings. The van der Waals surface area contributed by atoms with Crippen molar-refractivity contribution < 1.29 is 23.8 Å². The highest BCUT2D eigenvalue weighted by atomic mass is 16.5. The van der Waals surface area contributed by atoms with Gasteiger partial charge in [0.1, 0.15) is 11.5 Å². The molecule has 0 bridgehead atoms. The van der Waals surface area contributed by atoms with E-state index in [1.54, 1.807) is 12.2 Å². The fourth-order valence-electron chi connectivity index (χ4n) is 2.12. The van der Waals surface area contributed by atoms with Crippen LogP contribution >= 0.6 is 0 Å². The second-order valence-corrected chi connectivity index (χ2v) is 6.36. The molecule has 27 heavy (non-hydrogen) atoms. The number of allylic oxidation sites excluding steroid dienone is 2. The minimum Gasteiger partial charge on any atom is -0.494 e. The van der Waals surface area contributed by atoms with Gasteiger partial charge in [-0.3, -0.25) is 4.79 Å². The topological polar surface area (TPSA) is 61.8 Å². The van der Waals surface area contributed by atoms with Crippen LogP contribution in [0.4, 0.5) is 0 Å². The van der Waals surface area contributed by atoms with Gasteiger partial charge >= 0.3 is 11.9 Å². The van der Waals surface area contributed by atoms with Gasteiger partial charge in [0, 0.05) is 6.08 Å². The van der Waals surface area contributed by atoms with Gasteiger partial charge in [-0.2, -0.15) is 0 Å². The van der Waals surface area contributed by atoms with Crippen LogP contribution in [-0.4, -0.2) is 25.2 Å². The Kier molecular flexibility index (Phi) is 14.6. The Hall–Kier alpha value is -2.30. The quantitative estimate of drug-likeness (QED) is 0.121. The summed E-state index contributed by atoms with van der Waals surface area (Å²) in [7, 11) is 0. The fourth-order valence-corrected chi connectivity index (χ4v) is 2.12. The standard InChI is InChI=1S/C22H34O5/c1-6-8-13-18(3)22(24)27-20(5)15-14-19(4)25-16-11-9-10-12-17-26-21(23)7-2/h7,14-15,18H,2,4-6,8-13,16-17H2,1,3H3/b15-14-. The highest BCUT2D eigenvalue weighted by Crippen LogP contribution is 2.12. The number of carbonyl (C=O) groups excluding carboxylic acids is 2. The van der Waals surface area contributed by atoms with E-state index in [2.05, 4.69) is 26.7 Å². The van der Waals surface area contributed by atoms with Crippen LogP contribution in [0.3, 0.4) is 0 Å². The minimum atomic E-state index is -0.385. The van der Waals surface area contributed by atoms with E-state index in [9.17, 15) is 9.59 Å². The zero-order valence-electron chi connectivity index (χ0n) is 16.8. The maximum absolute atomic E-state index is 11.9. The first-order chi connectivity index (χ1) is 12.9. The second kappa shape index (κ2) is 15.9. The molecule has 0 saturated carbocycles. The third kappa shape index (κ3) is 14.5. The molecule has 0 aliphatic carbocycles. The molecule has 0 amide bonds. The lowest BCUT2D eigenvalue weighted by molar-refractivity contribution is -0.143. The Balaban J connectivity index is 3.79. The molecule has 5 nitrogen and oxygen atoms in total. The van der Waals surface area contributed by atoms with Crippen molar-refractivity contribution in [2.75, 3.05) is 13.2 Å². The number of rotatable bonds is 16. The molecule has 0 aromatic carbocycles. The van der Waals surface area contributed by atoms with E-state index in [0.717, 1.165) is 51.0 Å². The van der Waals surface area contributed by atoms with Crippen molar-refractivity contribution in [3.63, 3.8) is 0 Å². The fraction of sp³-hybridized carbons (Fsp3) is 0.545. The molecular weight excluding hydrogens is 344 g/mol. The van der Waals surface area contributed by atoms with Crippen molar-refractivity contribution >= 4 is 11.9 Å². The average molecular weight is 379 g/mol. The highest BCUT2D eigenvalue weighted by Gasteiger charge is 2.14. The van der Waals surface area contributed by atoms with Crippen molar-refractivity contribution in [3.8, 4) is 0 Å². The summed E-state index contributed by atoms with van der Waals surface area (Å²) in [5.41, 5.74) is 0. The molecule has 0 heterocycles. The van der Waals surface area contributed by atoms with Gasteiger partial charge in [-0.25, -0.2) is 4.79 Å². The van der Waals surface area contributed by atoms with Gasteiger partial charge in [0.05, 0.1) is 19.1 Å². The Morgan fingerprint density at radius 2 is 1.52 bits per heavy atom. The molecule has 0 aromatic rings. The van der Waals surface area contributed by atoms with E-state index < -0.39 is 0 Å². The Morgan fingerprint density at radius 3 is 2.11 bits per heavy atom. The van der Waals surface area contributed by atoms with E-state index in [1.807, 2.05) is 6.92 Å². The van der Waals surface area contributed by atoms with Gasteiger partial charge in [0.25, 0.3) is 0 Å². The number of hydrogen-bond acceptors (Lipinski definition) is 5. The van der Waals surface area contributed by atoms with Gasteiger partial charge in [0.2, 0.25) is 0 Å². The lowest BCUT2D eigenvalue weighted by atomic mass is 10.1. The van der Waals surface area contributed by atoms with Crippen molar-refractivity contribution in [2.45, 2.75) is 58.8 Å². The van der Waals surface area contributed by atoms with Gasteiger partial charge < -0.3 is 14.2 Å². The van der Waals surface area contributed by atoms with Crippen molar-refractivity contribution in [1.29, 1.82) is 0 Å². The summed E-state index contributed by atoms with van der Waals surface area (Å²) in [5.74, 6) is -0.00402. The zero-order chi connectivity index (χ0) is 20.5. The van der Waals surface area contributed by atoms with Gasteiger partial charge in [0.15, 0.2) is 0 Å². The van der Waals surface area contributed by atoms with E-state index >= 15 is 0 Å². The summed E-state index contributed by atoms with van der Waals surface area (Å²) in [4.78, 5) is 22.7. The van der Waals surface area contributed by atoms with E-state index in [0.29, 0.717) is 19.0 Å². The second-order valence-electron chi connectivity index (χ2n) is 6.36. The van der Waals surface area contributed by atoms with Crippen LogP contribution in [0.15, 0.2) is 49.5 Å². The third-order valence-electron chi connectivity index (χ3n) is 3.82. The van der Waals surface area contributed by atoms with Gasteiger partial charge in [-0.15, -0.1) is 0 Å². The Bertz CT molecular complexity index is 519. The lowest BCUT2D eigenvalue weighted by Crippen LogP contribution is -2.13. The van der Waals surface area contributed by atoms with E-state index in [4.69, 9.17) is 14.2 Å². The summed E-state index contributed by atoms with van der Waals surface area (Å²) in [6, 6.07) is 0. The molecule has 0 spiro atoms. The lowest BCUT2D eigenvalue weighted by Gasteiger charge is -2.10. The molecular formula is C22H34O5. The summed E-state index contributed by atoms with van der Waals surface area (Å²) in [6.07, 6.45) is 10.9. The van der Waals surface area contributed by atoms with Crippen LogP contribution in [0.25, 0.3) is 0 Å². The first kappa shape index (κ1) is 24.7. The molecule has 0 fully saturated rings. The van der Waals surface area contributed by atoms with Gasteiger partial charge in [-0.05, 0) is 44.3 Å². The summed E-state index contributed by atoms with van der Waals surface area (Å²) in [5, 5.41) is 0. The Morgan fingerprint density at radius 1 is 0.926 bits per heavy atom. The Labute approximate surface area is 163 Å². The molecule has 0 N–H and O–H groups in total. The number of ether oxygens (including phenoxy) is 3. The minimum absolute atomic E-state index is 0.130. The number of esters is 2. The van der Waals surface area contributed by atoms with Crippen molar-refractivity contribution in [3.05, 3.63) is 49.5 Å². The van der Waals surface area contributed by atoms with Crippen LogP contribution in [0.5, 0.6) is 0 Å². The molecule has 0 radical (unpaired) electrons. The average Bonchev–Trinajstić information content (AvgIpc) is 2.65.